The molecular formula is C16H27NS. The summed E-state index contributed by atoms with van der Waals surface area (Å²) in [6, 6.07) is 5.86. The Balaban J connectivity index is 1.82. The van der Waals surface area contributed by atoms with E-state index in [1.54, 1.807) is 0 Å². The summed E-state index contributed by atoms with van der Waals surface area (Å²) < 4.78 is 0. The van der Waals surface area contributed by atoms with Crippen molar-refractivity contribution in [1.82, 2.24) is 5.32 Å². The van der Waals surface area contributed by atoms with Crippen LogP contribution in [0.15, 0.2) is 12.1 Å². The molecular weight excluding hydrogens is 238 g/mol. The number of hydrogen-bond acceptors (Lipinski definition) is 2. The first-order valence-corrected chi connectivity index (χ1v) is 8.39. The molecule has 0 amide bonds. The molecule has 0 spiro atoms. The molecule has 0 bridgehead atoms. The number of hydrogen-bond donors (Lipinski definition) is 1. The van der Waals surface area contributed by atoms with Crippen LogP contribution in [0.4, 0.5) is 0 Å². The van der Waals surface area contributed by atoms with Crippen molar-refractivity contribution in [2.45, 2.75) is 71.4 Å². The standard InChI is InChI=1S/C16H27NS/c1-4-13-6-8-14(9-7-13)17-12(3)16-11-10-15(5-2)18-16/h10-14,17H,4-9H2,1-3H3. The smallest absolute Gasteiger partial charge is 0.0388 e. The number of rotatable bonds is 5. The van der Waals surface area contributed by atoms with Gasteiger partial charge in [0.15, 0.2) is 0 Å². The lowest BCUT2D eigenvalue weighted by atomic mass is 9.84. The zero-order valence-corrected chi connectivity index (χ0v) is 12.9. The molecule has 0 radical (unpaired) electrons. The molecule has 1 fully saturated rings. The SMILES string of the molecule is CCc1ccc(C(C)NC2CCC(CC)CC2)s1. The highest BCUT2D eigenvalue weighted by atomic mass is 32.1. The average molecular weight is 265 g/mol. The molecule has 1 aliphatic rings. The van der Waals surface area contributed by atoms with E-state index in [1.807, 2.05) is 11.3 Å². The average Bonchev–Trinajstić information content (AvgIpc) is 2.88. The Labute approximate surface area is 116 Å². The molecule has 1 N–H and O–H groups in total. The van der Waals surface area contributed by atoms with Gasteiger partial charge in [-0.15, -0.1) is 11.3 Å². The molecule has 1 atom stereocenters. The number of thiophene rings is 1. The highest BCUT2D eigenvalue weighted by Crippen LogP contribution is 2.29. The van der Waals surface area contributed by atoms with Crippen molar-refractivity contribution < 1.29 is 0 Å². The fraction of sp³-hybridized carbons (Fsp3) is 0.750. The lowest BCUT2D eigenvalue weighted by Gasteiger charge is -2.30. The van der Waals surface area contributed by atoms with Crippen LogP contribution in [-0.2, 0) is 6.42 Å². The van der Waals surface area contributed by atoms with Crippen LogP contribution in [0.25, 0.3) is 0 Å². The van der Waals surface area contributed by atoms with Crippen molar-refractivity contribution in [2.75, 3.05) is 0 Å². The number of nitrogens with one attached hydrogen (secondary N) is 1. The highest BCUT2D eigenvalue weighted by molar-refractivity contribution is 7.12. The largest absolute Gasteiger partial charge is 0.307 e. The Morgan fingerprint density at radius 1 is 1.22 bits per heavy atom. The van der Waals surface area contributed by atoms with Gasteiger partial charge in [-0.3, -0.25) is 0 Å². The number of aryl methyl sites for hydroxylation is 1. The highest BCUT2D eigenvalue weighted by Gasteiger charge is 2.21. The van der Waals surface area contributed by atoms with Crippen LogP contribution in [0.3, 0.4) is 0 Å². The molecule has 1 unspecified atom stereocenters. The van der Waals surface area contributed by atoms with Gasteiger partial charge >= 0.3 is 0 Å². The van der Waals surface area contributed by atoms with Gasteiger partial charge in [-0.05, 0) is 57.1 Å². The zero-order valence-electron chi connectivity index (χ0n) is 12.0. The van der Waals surface area contributed by atoms with Gasteiger partial charge in [-0.1, -0.05) is 20.3 Å². The van der Waals surface area contributed by atoms with Crippen LogP contribution in [0, 0.1) is 5.92 Å². The first-order valence-electron chi connectivity index (χ1n) is 7.57. The first kappa shape index (κ1) is 14.1. The summed E-state index contributed by atoms with van der Waals surface area (Å²) >= 11 is 1.97. The van der Waals surface area contributed by atoms with E-state index in [9.17, 15) is 0 Å². The molecule has 1 aliphatic carbocycles. The summed E-state index contributed by atoms with van der Waals surface area (Å²) in [6.45, 7) is 6.88. The first-order chi connectivity index (χ1) is 8.72. The third-order valence-corrected chi connectivity index (χ3v) is 5.78. The zero-order chi connectivity index (χ0) is 13.0. The van der Waals surface area contributed by atoms with Gasteiger partial charge in [0, 0.05) is 21.8 Å². The van der Waals surface area contributed by atoms with Gasteiger partial charge < -0.3 is 5.32 Å². The minimum atomic E-state index is 0.526. The van der Waals surface area contributed by atoms with Crippen molar-refractivity contribution in [1.29, 1.82) is 0 Å². The van der Waals surface area contributed by atoms with Crippen molar-refractivity contribution in [2.24, 2.45) is 5.92 Å². The minimum Gasteiger partial charge on any atom is -0.307 e. The van der Waals surface area contributed by atoms with Gasteiger partial charge in [0.2, 0.25) is 0 Å². The van der Waals surface area contributed by atoms with Crippen LogP contribution in [0.1, 0.15) is 68.7 Å². The van der Waals surface area contributed by atoms with Crippen molar-refractivity contribution >= 4 is 11.3 Å². The second-order valence-corrected chi connectivity index (χ2v) is 6.87. The molecule has 1 aromatic heterocycles. The lowest BCUT2D eigenvalue weighted by Crippen LogP contribution is -2.34. The molecule has 0 aliphatic heterocycles. The molecule has 102 valence electrons. The Bertz CT molecular complexity index is 350. The maximum absolute atomic E-state index is 3.83. The molecule has 0 aromatic carbocycles. The van der Waals surface area contributed by atoms with Crippen molar-refractivity contribution in [3.8, 4) is 0 Å². The summed E-state index contributed by atoms with van der Waals surface area (Å²) in [4.78, 5) is 3.01. The van der Waals surface area contributed by atoms with Gasteiger partial charge in [0.05, 0.1) is 0 Å². The summed E-state index contributed by atoms with van der Waals surface area (Å²) in [6.07, 6.45) is 8.12. The second-order valence-electron chi connectivity index (χ2n) is 5.67. The summed E-state index contributed by atoms with van der Waals surface area (Å²) in [5.74, 6) is 0.992. The van der Waals surface area contributed by atoms with Crippen LogP contribution >= 0.6 is 11.3 Å². The molecule has 1 heterocycles. The summed E-state index contributed by atoms with van der Waals surface area (Å²) in [7, 11) is 0. The lowest BCUT2D eigenvalue weighted by molar-refractivity contribution is 0.274. The van der Waals surface area contributed by atoms with Crippen LogP contribution < -0.4 is 5.32 Å². The third kappa shape index (κ3) is 3.58. The summed E-state index contributed by atoms with van der Waals surface area (Å²) in [5, 5.41) is 3.83. The Hall–Kier alpha value is -0.340. The predicted molar refractivity (Wildman–Crippen MR) is 81.3 cm³/mol. The Kier molecular flexibility index (Phi) is 5.25. The fourth-order valence-corrected chi connectivity index (χ4v) is 3.95. The topological polar surface area (TPSA) is 12.0 Å². The van der Waals surface area contributed by atoms with Gasteiger partial charge in [-0.2, -0.15) is 0 Å². The van der Waals surface area contributed by atoms with E-state index in [2.05, 4.69) is 38.2 Å². The molecule has 2 heteroatoms. The molecule has 2 rings (SSSR count). The maximum Gasteiger partial charge on any atom is 0.0388 e. The molecule has 18 heavy (non-hydrogen) atoms. The fourth-order valence-electron chi connectivity index (χ4n) is 2.99. The van der Waals surface area contributed by atoms with E-state index in [1.165, 1.54) is 48.3 Å². The van der Waals surface area contributed by atoms with Crippen LogP contribution in [0.5, 0.6) is 0 Å². The molecule has 1 nitrogen and oxygen atoms in total. The van der Waals surface area contributed by atoms with Gasteiger partial charge in [-0.25, -0.2) is 0 Å². The van der Waals surface area contributed by atoms with Gasteiger partial charge in [0.25, 0.3) is 0 Å². The van der Waals surface area contributed by atoms with E-state index < -0.39 is 0 Å². The van der Waals surface area contributed by atoms with E-state index >= 15 is 0 Å². The maximum atomic E-state index is 3.83. The van der Waals surface area contributed by atoms with Gasteiger partial charge in [0.1, 0.15) is 0 Å². The van der Waals surface area contributed by atoms with Crippen molar-refractivity contribution in [3.05, 3.63) is 21.9 Å². The van der Waals surface area contributed by atoms with Crippen LogP contribution in [-0.4, -0.2) is 6.04 Å². The molecule has 1 saturated carbocycles. The van der Waals surface area contributed by atoms with E-state index in [0.29, 0.717) is 6.04 Å². The predicted octanol–water partition coefficient (Wildman–Crippen LogP) is 4.93. The Morgan fingerprint density at radius 2 is 1.94 bits per heavy atom. The van der Waals surface area contributed by atoms with Crippen molar-refractivity contribution in [3.63, 3.8) is 0 Å². The monoisotopic (exact) mass is 265 g/mol. The normalized spacial score (nSPS) is 26.2. The third-order valence-electron chi connectivity index (χ3n) is 4.37. The second kappa shape index (κ2) is 6.72. The van der Waals surface area contributed by atoms with E-state index in [0.717, 1.165) is 12.0 Å². The van der Waals surface area contributed by atoms with E-state index in [4.69, 9.17) is 0 Å². The Morgan fingerprint density at radius 3 is 2.50 bits per heavy atom. The molecule has 0 saturated heterocycles. The summed E-state index contributed by atoms with van der Waals surface area (Å²) in [5.41, 5.74) is 0. The quantitative estimate of drug-likeness (QED) is 0.796. The molecule has 1 aromatic rings. The minimum absolute atomic E-state index is 0.526. The van der Waals surface area contributed by atoms with E-state index in [-0.39, 0.29) is 0 Å². The van der Waals surface area contributed by atoms with Crippen LogP contribution in [0.2, 0.25) is 0 Å².